The van der Waals surface area contributed by atoms with Gasteiger partial charge < -0.3 is 10.5 Å². The quantitative estimate of drug-likeness (QED) is 0.461. The van der Waals surface area contributed by atoms with Crippen LogP contribution in [0.1, 0.15) is 5.56 Å². The summed E-state index contributed by atoms with van der Waals surface area (Å²) in [4.78, 5) is 12.1. The molecule has 2 rings (SSSR count). The van der Waals surface area contributed by atoms with E-state index in [4.69, 9.17) is 22.6 Å². The van der Waals surface area contributed by atoms with Crippen molar-refractivity contribution < 1.29 is 4.79 Å². The average molecular weight is 266 g/mol. The number of primary amides is 1. The zero-order valence-electron chi connectivity index (χ0n) is 8.66. The molecule has 0 bridgehead atoms. The van der Waals surface area contributed by atoms with Crippen molar-refractivity contribution in [3.05, 3.63) is 40.1 Å². The molecule has 0 atom stereocenters. The molecule has 0 saturated carbocycles. The van der Waals surface area contributed by atoms with Gasteiger partial charge in [-0.15, -0.1) is 0 Å². The van der Waals surface area contributed by atoms with Crippen molar-refractivity contribution in [3.63, 3.8) is 0 Å². The molecule has 1 aliphatic heterocycles. The summed E-state index contributed by atoms with van der Waals surface area (Å²) in [5.74, 6) is -0.721. The molecule has 1 amide bonds. The lowest BCUT2D eigenvalue weighted by Crippen LogP contribution is -2.22. The number of halogens is 1. The first kappa shape index (κ1) is 11.8. The Bertz CT molecular complexity index is 562. The number of nitrogens with one attached hydrogen (secondary N) is 1. The van der Waals surface area contributed by atoms with Crippen LogP contribution < -0.4 is 10.5 Å². The Hall–Kier alpha value is -1.64. The highest BCUT2D eigenvalue weighted by molar-refractivity contribution is 7.97. The highest BCUT2D eigenvalue weighted by Gasteiger charge is 2.19. The molecule has 1 aliphatic rings. The van der Waals surface area contributed by atoms with Crippen LogP contribution in [-0.4, -0.2) is 5.91 Å². The number of amides is 1. The third-order valence-corrected chi connectivity index (χ3v) is 3.54. The lowest BCUT2D eigenvalue weighted by Gasteiger charge is -2.20. The number of rotatable bonds is 1. The van der Waals surface area contributed by atoms with Crippen LogP contribution in [0, 0.1) is 11.3 Å². The van der Waals surface area contributed by atoms with Crippen LogP contribution in [0.25, 0.3) is 0 Å². The predicted octanol–water partition coefficient (Wildman–Crippen LogP) is 1.76. The van der Waals surface area contributed by atoms with Crippen molar-refractivity contribution in [2.45, 2.75) is 11.3 Å². The number of nitriles is 1. The summed E-state index contributed by atoms with van der Waals surface area (Å²) in [6, 6.07) is 7.32. The fraction of sp³-hybridized carbons (Fsp3) is 0.0909. The Morgan fingerprint density at radius 3 is 3.00 bits per heavy atom. The van der Waals surface area contributed by atoms with E-state index in [9.17, 15) is 4.79 Å². The summed E-state index contributed by atoms with van der Waals surface area (Å²) in [6.07, 6.45) is 0.453. The van der Waals surface area contributed by atoms with Crippen LogP contribution in [0.15, 0.2) is 34.4 Å². The van der Waals surface area contributed by atoms with Gasteiger partial charge in [-0.3, -0.25) is 4.79 Å². The van der Waals surface area contributed by atoms with Crippen LogP contribution in [-0.2, 0) is 11.2 Å². The molecule has 17 heavy (non-hydrogen) atoms. The highest BCUT2D eigenvalue weighted by atomic mass is 35.5. The van der Waals surface area contributed by atoms with Gasteiger partial charge in [0.05, 0.1) is 0 Å². The Morgan fingerprint density at radius 1 is 1.59 bits per heavy atom. The van der Waals surface area contributed by atoms with Crippen LogP contribution in [0.2, 0.25) is 5.02 Å². The number of benzene rings is 1. The first-order chi connectivity index (χ1) is 8.11. The summed E-state index contributed by atoms with van der Waals surface area (Å²) in [6.45, 7) is 0. The zero-order valence-corrected chi connectivity index (χ0v) is 10.2. The summed E-state index contributed by atoms with van der Waals surface area (Å²) >= 11 is 7.24. The van der Waals surface area contributed by atoms with Gasteiger partial charge in [0, 0.05) is 22.0 Å². The molecule has 0 radical (unpaired) electrons. The van der Waals surface area contributed by atoms with E-state index < -0.39 is 5.91 Å². The minimum absolute atomic E-state index is 0.0388. The van der Waals surface area contributed by atoms with E-state index in [1.807, 2.05) is 18.2 Å². The monoisotopic (exact) mass is 265 g/mol. The third kappa shape index (κ3) is 2.38. The molecule has 0 fully saturated rings. The van der Waals surface area contributed by atoms with E-state index >= 15 is 0 Å². The van der Waals surface area contributed by atoms with Crippen molar-refractivity contribution in [1.82, 2.24) is 4.72 Å². The number of hydrogen-bond donors (Lipinski definition) is 2. The molecule has 6 heteroatoms. The number of allylic oxidation sites excluding steroid dienone is 1. The van der Waals surface area contributed by atoms with Crippen molar-refractivity contribution in [2.75, 3.05) is 0 Å². The number of carbonyl (C=O) groups is 1. The molecule has 1 heterocycles. The van der Waals surface area contributed by atoms with Gasteiger partial charge in [-0.2, -0.15) is 5.26 Å². The van der Waals surface area contributed by atoms with E-state index in [2.05, 4.69) is 4.72 Å². The van der Waals surface area contributed by atoms with Crippen LogP contribution >= 0.6 is 23.5 Å². The maximum absolute atomic E-state index is 11.1. The molecule has 0 aliphatic carbocycles. The first-order valence-electron chi connectivity index (χ1n) is 4.76. The second kappa shape index (κ2) is 4.70. The Morgan fingerprint density at radius 2 is 2.35 bits per heavy atom. The van der Waals surface area contributed by atoms with Gasteiger partial charge in [0.2, 0.25) is 0 Å². The standard InChI is InChI=1S/C11H8ClN3OS/c12-7-1-2-10-6(3-7)4-9(15-17-10)8(5-13)11(14)16/h1-3,15H,4H2,(H2,14,16). The second-order valence-electron chi connectivity index (χ2n) is 3.46. The fourth-order valence-electron chi connectivity index (χ4n) is 1.54. The van der Waals surface area contributed by atoms with Gasteiger partial charge >= 0.3 is 0 Å². The molecule has 0 aromatic heterocycles. The van der Waals surface area contributed by atoms with Crippen molar-refractivity contribution in [2.24, 2.45) is 5.73 Å². The third-order valence-electron chi connectivity index (χ3n) is 2.33. The number of fused-ring (bicyclic) bond motifs is 1. The second-order valence-corrected chi connectivity index (χ2v) is 4.75. The van der Waals surface area contributed by atoms with Crippen molar-refractivity contribution in [3.8, 4) is 6.07 Å². The maximum Gasteiger partial charge on any atom is 0.261 e. The Kier molecular flexibility index (Phi) is 3.27. The predicted molar refractivity (Wildman–Crippen MR) is 66.0 cm³/mol. The minimum atomic E-state index is -0.721. The van der Waals surface area contributed by atoms with E-state index in [1.165, 1.54) is 11.9 Å². The number of carbonyl (C=O) groups excluding carboxylic acids is 1. The lowest BCUT2D eigenvalue weighted by atomic mass is 10.1. The molecular weight excluding hydrogens is 258 g/mol. The lowest BCUT2D eigenvalue weighted by molar-refractivity contribution is -0.114. The van der Waals surface area contributed by atoms with E-state index in [1.54, 1.807) is 6.07 Å². The Balaban J connectivity index is 2.42. The molecule has 0 spiro atoms. The maximum atomic E-state index is 11.1. The van der Waals surface area contributed by atoms with Crippen molar-refractivity contribution in [1.29, 1.82) is 5.26 Å². The Labute approximate surface area is 108 Å². The van der Waals surface area contributed by atoms with E-state index in [-0.39, 0.29) is 5.57 Å². The van der Waals surface area contributed by atoms with Crippen LogP contribution in [0.4, 0.5) is 0 Å². The zero-order chi connectivity index (χ0) is 12.4. The van der Waals surface area contributed by atoms with Gasteiger partial charge in [-0.05, 0) is 35.7 Å². The summed E-state index contributed by atoms with van der Waals surface area (Å²) in [5, 5.41) is 9.50. The molecule has 0 saturated heterocycles. The summed E-state index contributed by atoms with van der Waals surface area (Å²) < 4.78 is 2.96. The molecule has 1 aromatic rings. The van der Waals surface area contributed by atoms with Crippen LogP contribution in [0.5, 0.6) is 0 Å². The minimum Gasteiger partial charge on any atom is -0.365 e. The van der Waals surface area contributed by atoms with E-state index in [0.29, 0.717) is 17.1 Å². The summed E-state index contributed by atoms with van der Waals surface area (Å²) in [5.41, 5.74) is 6.60. The normalized spacial score (nSPS) is 16.5. The smallest absolute Gasteiger partial charge is 0.261 e. The topological polar surface area (TPSA) is 78.9 Å². The van der Waals surface area contributed by atoms with E-state index in [0.717, 1.165) is 10.5 Å². The van der Waals surface area contributed by atoms with Gasteiger partial charge in [-0.25, -0.2) is 0 Å². The molecule has 4 nitrogen and oxygen atoms in total. The molecule has 0 unspecified atom stereocenters. The highest BCUT2D eigenvalue weighted by Crippen LogP contribution is 2.31. The molecule has 86 valence electrons. The van der Waals surface area contributed by atoms with Crippen molar-refractivity contribution >= 4 is 29.5 Å². The van der Waals surface area contributed by atoms with Gasteiger partial charge in [-0.1, -0.05) is 11.6 Å². The first-order valence-corrected chi connectivity index (χ1v) is 5.95. The van der Waals surface area contributed by atoms with Gasteiger partial charge in [0.1, 0.15) is 11.6 Å². The largest absolute Gasteiger partial charge is 0.365 e. The van der Waals surface area contributed by atoms with Gasteiger partial charge in [0.25, 0.3) is 5.91 Å². The van der Waals surface area contributed by atoms with Crippen LogP contribution in [0.3, 0.4) is 0 Å². The number of nitrogens with zero attached hydrogens (tertiary/aromatic N) is 1. The number of nitrogens with two attached hydrogens (primary N) is 1. The number of hydrogen-bond acceptors (Lipinski definition) is 4. The summed E-state index contributed by atoms with van der Waals surface area (Å²) in [7, 11) is 0. The SMILES string of the molecule is N#CC(C(N)=O)=C1Cc2cc(Cl)ccc2SN1. The fourth-order valence-corrected chi connectivity index (χ4v) is 2.54. The van der Waals surface area contributed by atoms with Gasteiger partial charge in [0.15, 0.2) is 0 Å². The molecule has 3 N–H and O–H groups in total. The molecular formula is C11H8ClN3OS. The molecule has 1 aromatic carbocycles. The average Bonchev–Trinajstić information content (AvgIpc) is 2.29.